The van der Waals surface area contributed by atoms with Crippen LogP contribution in [0.5, 0.6) is 11.5 Å². The van der Waals surface area contributed by atoms with Crippen LogP contribution < -0.4 is 9.47 Å². The lowest BCUT2D eigenvalue weighted by Gasteiger charge is -2.18. The molecule has 8 nitrogen and oxygen atoms in total. The maximum atomic E-state index is 14.3. The van der Waals surface area contributed by atoms with Gasteiger partial charge in [0.05, 0.1) is 40.8 Å². The van der Waals surface area contributed by atoms with Crippen molar-refractivity contribution in [2.45, 2.75) is 39.4 Å². The van der Waals surface area contributed by atoms with Crippen LogP contribution in [0.2, 0.25) is 10.0 Å². The number of carbonyl (C=O) groups excluding carboxylic acids is 1. The third-order valence-corrected chi connectivity index (χ3v) is 12.5. The first kappa shape index (κ1) is 54.2. The highest BCUT2D eigenvalue weighted by Crippen LogP contribution is 2.41. The van der Waals surface area contributed by atoms with Gasteiger partial charge in [-0.1, -0.05) is 67.2 Å². The predicted molar refractivity (Wildman–Crippen MR) is 267 cm³/mol. The Bertz CT molecular complexity index is 3390. The normalized spacial score (nSPS) is 11.5. The minimum Gasteiger partial charge on any atom is -0.488 e. The first-order valence-corrected chi connectivity index (χ1v) is 23.6. The van der Waals surface area contributed by atoms with Gasteiger partial charge in [0.25, 0.3) is 0 Å². The van der Waals surface area contributed by atoms with Crippen LogP contribution in [0.15, 0.2) is 142 Å². The predicted octanol–water partition coefficient (Wildman–Crippen LogP) is 16.7. The summed E-state index contributed by atoms with van der Waals surface area (Å²) in [5.41, 5.74) is 0.777. The fourth-order valence-corrected chi connectivity index (χ4v) is 8.61. The van der Waals surface area contributed by atoms with Crippen LogP contribution in [0, 0.1) is 25.5 Å². The van der Waals surface area contributed by atoms with Crippen molar-refractivity contribution in [3.05, 3.63) is 209 Å². The van der Waals surface area contributed by atoms with E-state index in [1.54, 1.807) is 103 Å². The fraction of sp³-hybridized carbons (Fsp3) is 0.132. The molecule has 2 heterocycles. The van der Waals surface area contributed by atoms with Gasteiger partial charge in [-0.2, -0.15) is 26.3 Å². The number of hydrogen-bond acceptors (Lipinski definition) is 5. The van der Waals surface area contributed by atoms with Gasteiger partial charge < -0.3 is 28.5 Å². The van der Waals surface area contributed by atoms with Crippen molar-refractivity contribution in [2.24, 2.45) is 0 Å². The number of carboxylic acids is 1. The molecule has 20 heteroatoms. The molecule has 0 saturated heterocycles. The van der Waals surface area contributed by atoms with Gasteiger partial charge in [-0.15, -0.1) is 0 Å². The van der Waals surface area contributed by atoms with Crippen LogP contribution in [0.4, 0.5) is 35.1 Å². The molecule has 0 unspecified atom stereocenters. The maximum Gasteiger partial charge on any atom is 0.416 e. The van der Waals surface area contributed by atoms with Crippen molar-refractivity contribution in [1.82, 2.24) is 9.13 Å². The van der Waals surface area contributed by atoms with Gasteiger partial charge in [0.15, 0.2) is 0 Å². The summed E-state index contributed by atoms with van der Waals surface area (Å²) in [6.07, 6.45) is -9.44. The lowest BCUT2D eigenvalue weighted by atomic mass is 10.1. The molecule has 6 aromatic carbocycles. The summed E-state index contributed by atoms with van der Waals surface area (Å²) >= 11 is 18.9. The van der Waals surface area contributed by atoms with Gasteiger partial charge in [-0.3, -0.25) is 0 Å². The van der Waals surface area contributed by atoms with E-state index in [0.717, 1.165) is 31.4 Å². The Morgan fingerprint density at radius 1 is 0.562 bits per heavy atom. The molecule has 0 amide bonds. The second kappa shape index (κ2) is 22.3. The second-order valence-corrected chi connectivity index (χ2v) is 18.8. The van der Waals surface area contributed by atoms with Gasteiger partial charge in [-0.05, 0) is 135 Å². The van der Waals surface area contributed by atoms with E-state index < -0.39 is 52.6 Å². The molecule has 8 rings (SSSR count). The smallest absolute Gasteiger partial charge is 0.416 e. The lowest BCUT2D eigenvalue weighted by Crippen LogP contribution is -2.11. The number of ether oxygens (including phenoxy) is 3. The number of aryl methyl sites for hydroxylation is 2. The summed E-state index contributed by atoms with van der Waals surface area (Å²) in [4.78, 5) is 23.7. The maximum absolute atomic E-state index is 14.3. The van der Waals surface area contributed by atoms with Gasteiger partial charge >= 0.3 is 24.3 Å². The van der Waals surface area contributed by atoms with E-state index >= 15 is 0 Å². The van der Waals surface area contributed by atoms with Crippen LogP contribution in [-0.2, 0) is 30.3 Å². The monoisotopic (exact) mass is 1180 g/mol. The summed E-state index contributed by atoms with van der Waals surface area (Å²) in [6.45, 7) is 3.18. The minimum absolute atomic E-state index is 0.00426. The molecule has 0 saturated carbocycles. The summed E-state index contributed by atoms with van der Waals surface area (Å²) < 4.78 is 131. The molecule has 0 aliphatic carbocycles. The van der Waals surface area contributed by atoms with E-state index in [4.69, 9.17) is 32.7 Å². The molecule has 378 valence electrons. The second-order valence-electron chi connectivity index (χ2n) is 16.0. The van der Waals surface area contributed by atoms with Crippen molar-refractivity contribution in [1.29, 1.82) is 0 Å². The zero-order chi connectivity index (χ0) is 53.1. The third-order valence-electron chi connectivity index (χ3n) is 11.1. The van der Waals surface area contributed by atoms with Gasteiger partial charge in [0.2, 0.25) is 0 Å². The number of carbonyl (C=O) groups is 2. The highest BCUT2D eigenvalue weighted by Gasteiger charge is 2.34. The fourth-order valence-electron chi connectivity index (χ4n) is 7.60. The Labute approximate surface area is 438 Å². The van der Waals surface area contributed by atoms with Crippen molar-refractivity contribution in [3.63, 3.8) is 0 Å². The number of esters is 1. The number of aromatic nitrogens is 2. The average molecular weight is 1180 g/mol. The molecular formula is C53H36Br2Cl2F8N2O6. The van der Waals surface area contributed by atoms with Crippen LogP contribution in [0.3, 0.4) is 0 Å². The number of carboxylic acid groups (broad SMARTS) is 1. The summed E-state index contributed by atoms with van der Waals surface area (Å²) in [7, 11) is 1.10. The van der Waals surface area contributed by atoms with Crippen LogP contribution in [0.25, 0.3) is 33.9 Å². The van der Waals surface area contributed by atoms with Crippen molar-refractivity contribution in [3.8, 4) is 45.4 Å². The first-order chi connectivity index (χ1) is 34.4. The number of methoxy groups -OCH3 is 1. The number of rotatable bonds is 12. The lowest BCUT2D eigenvalue weighted by molar-refractivity contribution is -0.138. The van der Waals surface area contributed by atoms with E-state index in [0.29, 0.717) is 81.6 Å². The van der Waals surface area contributed by atoms with Crippen molar-refractivity contribution < 1.29 is 64.0 Å². The van der Waals surface area contributed by atoms with Crippen molar-refractivity contribution >= 4 is 67.0 Å². The number of hydrogen-bond donors (Lipinski definition) is 1. The molecule has 0 atom stereocenters. The largest absolute Gasteiger partial charge is 0.488 e. The van der Waals surface area contributed by atoms with Crippen LogP contribution >= 0.6 is 55.1 Å². The van der Waals surface area contributed by atoms with Gasteiger partial charge in [-0.25, -0.2) is 18.4 Å². The molecule has 0 aliphatic heterocycles. The zero-order valence-electron chi connectivity index (χ0n) is 38.0. The van der Waals surface area contributed by atoms with Gasteiger partial charge in [0, 0.05) is 64.0 Å². The summed E-state index contributed by atoms with van der Waals surface area (Å²) in [6, 6.07) is 31.1. The average Bonchev–Trinajstić information content (AvgIpc) is 3.92. The highest BCUT2D eigenvalue weighted by atomic mass is 79.9. The Balaban J connectivity index is 0.000000214. The van der Waals surface area contributed by atoms with E-state index in [9.17, 15) is 49.8 Å². The molecule has 2 aromatic heterocycles. The topological polar surface area (TPSA) is 91.9 Å². The van der Waals surface area contributed by atoms with Crippen LogP contribution in [0.1, 0.15) is 54.4 Å². The highest BCUT2D eigenvalue weighted by molar-refractivity contribution is 9.10. The molecule has 0 fully saturated rings. The molecule has 8 aromatic rings. The standard InChI is InChI=1S/C27H19BrClF4NO3.C26H17BrClF4NO3/c1-15-3-7-24(34(15)21-10-17(26(35)36-2)9-18(11-21)27(31,32)33)22-13-20(29)6-8-25(22)37-14-16-4-5-19(28)12-23(16)30;1-14-2-6-23(33(14)20-9-16(25(34)35)8-17(10-20)26(30,31)32)21-12-19(28)5-7-24(21)36-13-15-3-4-18(27)11-22(15)29/h3-13H,14H2,1-2H3;2-12H,13H2,1H3,(H,34,35). The molecule has 0 radical (unpaired) electrons. The molecule has 73 heavy (non-hydrogen) atoms. The first-order valence-electron chi connectivity index (χ1n) is 21.3. The molecule has 0 bridgehead atoms. The third kappa shape index (κ3) is 12.8. The zero-order valence-corrected chi connectivity index (χ0v) is 42.7. The van der Waals surface area contributed by atoms with E-state index in [1.807, 2.05) is 0 Å². The number of alkyl halides is 6. The number of benzene rings is 6. The molecule has 0 aliphatic rings. The van der Waals surface area contributed by atoms with Gasteiger partial charge in [0.1, 0.15) is 36.3 Å². The Morgan fingerprint density at radius 2 is 0.973 bits per heavy atom. The van der Waals surface area contributed by atoms with E-state index in [-0.39, 0.29) is 30.2 Å². The number of aromatic carboxylic acids is 1. The summed E-state index contributed by atoms with van der Waals surface area (Å²) in [5.74, 6) is -2.66. The number of nitrogens with zero attached hydrogens (tertiary/aromatic N) is 2. The van der Waals surface area contributed by atoms with E-state index in [1.165, 1.54) is 22.8 Å². The van der Waals surface area contributed by atoms with Crippen LogP contribution in [-0.4, -0.2) is 33.3 Å². The minimum atomic E-state index is -4.75. The molecule has 0 spiro atoms. The quantitative estimate of drug-likeness (QED) is 0.0968. The Kier molecular flexibility index (Phi) is 16.5. The SMILES string of the molecule is COC(=O)c1cc(-n2c(C)ccc2-c2cc(Cl)ccc2OCc2ccc(Br)cc2F)cc(C(F)(F)F)c1.Cc1ccc(-c2cc(Cl)ccc2OCc2ccc(Br)cc2F)n1-c1cc(C(=O)O)cc(C(F)(F)F)c1. The number of halogens is 12. The summed E-state index contributed by atoms with van der Waals surface area (Å²) in [5, 5.41) is 10.1. The van der Waals surface area contributed by atoms with Crippen molar-refractivity contribution in [2.75, 3.05) is 7.11 Å². The molecule has 1 N–H and O–H groups in total. The Hall–Kier alpha value is -6.60. The Morgan fingerprint density at radius 3 is 1.36 bits per heavy atom. The van der Waals surface area contributed by atoms with E-state index in [2.05, 4.69) is 36.6 Å². The molecular weight excluding hydrogens is 1140 g/mol.